The van der Waals surface area contributed by atoms with Crippen LogP contribution in [-0.2, 0) is 11.2 Å². The minimum Gasteiger partial charge on any atom is -0.320 e. The van der Waals surface area contributed by atoms with Crippen LogP contribution in [0.25, 0.3) is 0 Å². The molecule has 0 radical (unpaired) electrons. The molecule has 1 aromatic rings. The summed E-state index contributed by atoms with van der Waals surface area (Å²) in [5.74, 6) is -0.869. The number of hydrogen-bond acceptors (Lipinski definition) is 3. The van der Waals surface area contributed by atoms with E-state index in [0.717, 1.165) is 24.9 Å². The van der Waals surface area contributed by atoms with Crippen molar-refractivity contribution in [1.82, 2.24) is 10.8 Å². The Kier molecular flexibility index (Phi) is 7.32. The van der Waals surface area contributed by atoms with Gasteiger partial charge >= 0.3 is 0 Å². The molecule has 1 rings (SSSR count). The Balaban J connectivity index is 2.74. The van der Waals surface area contributed by atoms with Crippen LogP contribution >= 0.6 is 0 Å². The van der Waals surface area contributed by atoms with Gasteiger partial charge in [0, 0.05) is 5.92 Å². The Morgan fingerprint density at radius 3 is 2.43 bits per heavy atom. The van der Waals surface area contributed by atoms with E-state index in [2.05, 4.69) is 5.32 Å². The van der Waals surface area contributed by atoms with Crippen molar-refractivity contribution < 1.29 is 14.4 Å². The summed E-state index contributed by atoms with van der Waals surface area (Å²) in [6.07, 6.45) is 3.09. The summed E-state index contributed by atoms with van der Waals surface area (Å²) < 4.78 is 13.6. The lowest BCUT2D eigenvalue weighted by Gasteiger charge is -2.16. The lowest BCUT2D eigenvalue weighted by Crippen LogP contribution is -2.29. The summed E-state index contributed by atoms with van der Waals surface area (Å²) >= 11 is 0. The molecule has 0 spiro atoms. The van der Waals surface area contributed by atoms with Crippen LogP contribution in [0.1, 0.15) is 36.0 Å². The molecule has 0 aromatic heterocycles. The van der Waals surface area contributed by atoms with Crippen molar-refractivity contribution in [3.8, 4) is 0 Å². The van der Waals surface area contributed by atoms with Crippen molar-refractivity contribution in [3.05, 3.63) is 34.6 Å². The van der Waals surface area contributed by atoms with Crippen molar-refractivity contribution in [2.45, 2.75) is 39.5 Å². The lowest BCUT2D eigenvalue weighted by atomic mass is 9.92. The maximum absolute atomic E-state index is 13.6. The van der Waals surface area contributed by atoms with E-state index in [1.807, 2.05) is 7.05 Å². The number of hydrogen-bond donors (Lipinski definition) is 3. The second-order valence-electron chi connectivity index (χ2n) is 5.52. The van der Waals surface area contributed by atoms with Gasteiger partial charge in [0.1, 0.15) is 5.82 Å². The molecule has 0 aliphatic carbocycles. The van der Waals surface area contributed by atoms with E-state index < -0.39 is 0 Å². The summed E-state index contributed by atoms with van der Waals surface area (Å²) in [6, 6.07) is 3.54. The minimum atomic E-state index is -0.376. The second kappa shape index (κ2) is 8.74. The summed E-state index contributed by atoms with van der Waals surface area (Å²) in [6.45, 7) is 4.35. The van der Waals surface area contributed by atoms with E-state index in [9.17, 15) is 9.18 Å². The Morgan fingerprint density at radius 1 is 1.29 bits per heavy atom. The van der Waals surface area contributed by atoms with Gasteiger partial charge in [0.25, 0.3) is 0 Å². The van der Waals surface area contributed by atoms with Gasteiger partial charge < -0.3 is 5.32 Å². The first kappa shape index (κ1) is 17.6. The number of halogens is 1. The molecule has 21 heavy (non-hydrogen) atoms. The quantitative estimate of drug-likeness (QED) is 0.392. The molecule has 118 valence electrons. The van der Waals surface area contributed by atoms with E-state index in [-0.39, 0.29) is 17.6 Å². The van der Waals surface area contributed by atoms with Crippen LogP contribution in [0, 0.1) is 25.6 Å². The Labute approximate surface area is 125 Å². The molecule has 5 heteroatoms. The molecule has 0 aliphatic rings. The topological polar surface area (TPSA) is 61.4 Å². The van der Waals surface area contributed by atoms with Crippen LogP contribution in [-0.4, -0.2) is 24.7 Å². The molecule has 0 saturated carbocycles. The molecule has 1 aromatic carbocycles. The van der Waals surface area contributed by atoms with E-state index in [1.165, 1.54) is 0 Å². The van der Waals surface area contributed by atoms with Gasteiger partial charge in [-0.05, 0) is 63.4 Å². The first-order chi connectivity index (χ1) is 9.99. The average Bonchev–Trinajstić information content (AvgIpc) is 2.47. The highest BCUT2D eigenvalue weighted by Gasteiger charge is 2.19. The molecular formula is C16H25FN2O2. The van der Waals surface area contributed by atoms with Gasteiger partial charge in [-0.15, -0.1) is 0 Å². The van der Waals surface area contributed by atoms with Crippen LogP contribution in [0.5, 0.6) is 0 Å². The average molecular weight is 296 g/mol. The number of aryl methyl sites for hydroxylation is 2. The fourth-order valence-corrected chi connectivity index (χ4v) is 2.55. The number of rotatable bonds is 8. The predicted octanol–water partition coefficient (Wildman–Crippen LogP) is 2.50. The van der Waals surface area contributed by atoms with Gasteiger partial charge in [0.15, 0.2) is 0 Å². The summed E-state index contributed by atoms with van der Waals surface area (Å²) in [7, 11) is 1.89. The van der Waals surface area contributed by atoms with E-state index in [4.69, 9.17) is 5.21 Å². The lowest BCUT2D eigenvalue weighted by molar-refractivity contribution is -0.133. The van der Waals surface area contributed by atoms with Crippen LogP contribution in [0.2, 0.25) is 0 Å². The summed E-state index contributed by atoms with van der Waals surface area (Å²) in [4.78, 5) is 11.8. The normalized spacial score (nSPS) is 12.2. The second-order valence-corrected chi connectivity index (χ2v) is 5.52. The fraction of sp³-hybridized carbons (Fsp3) is 0.562. The monoisotopic (exact) mass is 296 g/mol. The molecule has 1 amide bonds. The molecular weight excluding hydrogens is 271 g/mol. The molecule has 0 bridgehead atoms. The van der Waals surface area contributed by atoms with Crippen LogP contribution in [0.4, 0.5) is 4.39 Å². The molecule has 0 unspecified atom stereocenters. The highest BCUT2D eigenvalue weighted by Crippen LogP contribution is 2.20. The zero-order chi connectivity index (χ0) is 15.8. The van der Waals surface area contributed by atoms with Crippen molar-refractivity contribution in [1.29, 1.82) is 0 Å². The van der Waals surface area contributed by atoms with Crippen molar-refractivity contribution in [2.24, 2.45) is 5.92 Å². The molecule has 1 atom stereocenters. The van der Waals surface area contributed by atoms with Crippen molar-refractivity contribution in [2.75, 3.05) is 13.6 Å². The van der Waals surface area contributed by atoms with Crippen molar-refractivity contribution >= 4 is 5.91 Å². The maximum Gasteiger partial charge on any atom is 0.246 e. The fourth-order valence-electron chi connectivity index (χ4n) is 2.55. The summed E-state index contributed by atoms with van der Waals surface area (Å²) in [5, 5.41) is 11.9. The SMILES string of the molecule is CNCCCC[C@@H](Cc1cc(C)c(F)c(C)c1)C(=O)NO. The Hall–Kier alpha value is -1.46. The van der Waals surface area contributed by atoms with E-state index >= 15 is 0 Å². The third-order valence-electron chi connectivity index (χ3n) is 3.69. The van der Waals surface area contributed by atoms with E-state index in [1.54, 1.807) is 31.5 Å². The number of hydroxylamine groups is 1. The minimum absolute atomic E-state index is 0.198. The first-order valence-corrected chi connectivity index (χ1v) is 7.33. The largest absolute Gasteiger partial charge is 0.320 e. The Morgan fingerprint density at radius 2 is 1.90 bits per heavy atom. The zero-order valence-corrected chi connectivity index (χ0v) is 13.0. The highest BCUT2D eigenvalue weighted by atomic mass is 19.1. The van der Waals surface area contributed by atoms with E-state index in [0.29, 0.717) is 24.0 Å². The molecule has 0 heterocycles. The summed E-state index contributed by atoms with van der Waals surface area (Å²) in [5.41, 5.74) is 3.84. The van der Waals surface area contributed by atoms with Crippen LogP contribution in [0.15, 0.2) is 12.1 Å². The number of carbonyl (C=O) groups excluding carboxylic acids is 1. The highest BCUT2D eigenvalue weighted by molar-refractivity contribution is 5.77. The molecule has 4 nitrogen and oxygen atoms in total. The van der Waals surface area contributed by atoms with Gasteiger partial charge in [-0.2, -0.15) is 0 Å². The molecule has 3 N–H and O–H groups in total. The standard InChI is InChI=1S/C16H25FN2O2/c1-11-8-13(9-12(2)15(11)17)10-14(16(20)19-21)6-4-5-7-18-3/h8-9,14,18,21H,4-7,10H2,1-3H3,(H,19,20)/t14-/m0/s1. The number of unbranched alkanes of at least 4 members (excludes halogenated alkanes) is 1. The first-order valence-electron chi connectivity index (χ1n) is 7.33. The third-order valence-corrected chi connectivity index (χ3v) is 3.69. The van der Waals surface area contributed by atoms with Gasteiger partial charge in [-0.1, -0.05) is 18.6 Å². The Bertz CT molecular complexity index is 454. The van der Waals surface area contributed by atoms with Crippen LogP contribution < -0.4 is 10.8 Å². The van der Waals surface area contributed by atoms with Crippen LogP contribution in [0.3, 0.4) is 0 Å². The van der Waals surface area contributed by atoms with Gasteiger partial charge in [-0.25, -0.2) is 9.87 Å². The predicted molar refractivity (Wildman–Crippen MR) is 80.8 cm³/mol. The van der Waals surface area contributed by atoms with Gasteiger partial charge in [0.05, 0.1) is 0 Å². The number of benzene rings is 1. The number of nitrogens with one attached hydrogen (secondary N) is 2. The molecule has 0 aliphatic heterocycles. The zero-order valence-electron chi connectivity index (χ0n) is 13.0. The smallest absolute Gasteiger partial charge is 0.246 e. The third kappa shape index (κ3) is 5.44. The maximum atomic E-state index is 13.6. The molecule has 0 fully saturated rings. The van der Waals surface area contributed by atoms with Crippen molar-refractivity contribution in [3.63, 3.8) is 0 Å². The van der Waals surface area contributed by atoms with Gasteiger partial charge in [-0.3, -0.25) is 10.0 Å². The molecule has 0 saturated heterocycles. The van der Waals surface area contributed by atoms with Gasteiger partial charge in [0.2, 0.25) is 5.91 Å². The number of amides is 1. The number of carbonyl (C=O) groups is 1.